The molecule has 1 amide bonds. The first kappa shape index (κ1) is 22.8. The van der Waals surface area contributed by atoms with Crippen LogP contribution in [0.3, 0.4) is 0 Å². The van der Waals surface area contributed by atoms with Crippen LogP contribution in [0.15, 0.2) is 71.8 Å². The first-order valence-electron chi connectivity index (χ1n) is 10.9. The molecule has 2 heterocycles. The average molecular weight is 464 g/mol. The highest BCUT2D eigenvalue weighted by molar-refractivity contribution is 7.89. The molecule has 0 saturated heterocycles. The Hall–Kier alpha value is -3.36. The summed E-state index contributed by atoms with van der Waals surface area (Å²) in [5.41, 5.74) is 3.70. The SMILES string of the molecule is O=C1CCCc2cc(S(=O)(=O)NCc3ccc(C(=O)CCc4ccccn4)cc3)ccc2N1. The Labute approximate surface area is 193 Å². The molecule has 1 aliphatic rings. The van der Waals surface area contributed by atoms with Crippen LogP contribution in [-0.2, 0) is 34.2 Å². The monoisotopic (exact) mass is 463 g/mol. The predicted molar refractivity (Wildman–Crippen MR) is 125 cm³/mol. The molecule has 8 heteroatoms. The van der Waals surface area contributed by atoms with Gasteiger partial charge >= 0.3 is 0 Å². The topological polar surface area (TPSA) is 105 Å². The quantitative estimate of drug-likeness (QED) is 0.496. The van der Waals surface area contributed by atoms with Crippen LogP contribution in [0.25, 0.3) is 0 Å². The van der Waals surface area contributed by atoms with Crippen molar-refractivity contribution in [3.05, 3.63) is 89.2 Å². The number of aromatic nitrogens is 1. The number of fused-ring (bicyclic) bond motifs is 1. The lowest BCUT2D eigenvalue weighted by molar-refractivity contribution is -0.116. The molecule has 0 unspecified atom stereocenters. The van der Waals surface area contributed by atoms with E-state index in [0.29, 0.717) is 43.4 Å². The van der Waals surface area contributed by atoms with Crippen LogP contribution < -0.4 is 10.0 Å². The van der Waals surface area contributed by atoms with Crippen molar-refractivity contribution in [3.63, 3.8) is 0 Å². The van der Waals surface area contributed by atoms with Gasteiger partial charge in [-0.1, -0.05) is 30.3 Å². The number of benzene rings is 2. The van der Waals surface area contributed by atoms with Gasteiger partial charge in [-0.3, -0.25) is 14.6 Å². The summed E-state index contributed by atoms with van der Waals surface area (Å²) in [5, 5.41) is 2.81. The molecule has 0 fully saturated rings. The number of amides is 1. The Balaban J connectivity index is 1.36. The van der Waals surface area contributed by atoms with Gasteiger partial charge in [0.25, 0.3) is 0 Å². The predicted octanol–water partition coefficient (Wildman–Crippen LogP) is 3.65. The van der Waals surface area contributed by atoms with Crippen molar-refractivity contribution in [2.45, 2.75) is 43.5 Å². The first-order valence-corrected chi connectivity index (χ1v) is 12.3. The van der Waals surface area contributed by atoms with Gasteiger partial charge in [0.15, 0.2) is 5.78 Å². The zero-order chi connectivity index (χ0) is 23.3. The third-order valence-electron chi connectivity index (χ3n) is 5.59. The second kappa shape index (κ2) is 10.1. The number of nitrogens with zero attached hydrogens (tertiary/aromatic N) is 1. The van der Waals surface area contributed by atoms with E-state index in [0.717, 1.165) is 16.8 Å². The lowest BCUT2D eigenvalue weighted by atomic mass is 10.0. The minimum absolute atomic E-state index is 0.0184. The van der Waals surface area contributed by atoms with Crippen molar-refractivity contribution in [1.29, 1.82) is 0 Å². The van der Waals surface area contributed by atoms with Gasteiger partial charge in [-0.05, 0) is 60.7 Å². The van der Waals surface area contributed by atoms with Crippen LogP contribution >= 0.6 is 0 Å². The third kappa shape index (κ3) is 5.91. The molecule has 1 aromatic heterocycles. The fraction of sp³-hybridized carbons (Fsp3) is 0.240. The molecule has 2 N–H and O–H groups in total. The maximum atomic E-state index is 12.8. The normalized spacial score (nSPS) is 13.6. The van der Waals surface area contributed by atoms with Crippen molar-refractivity contribution in [2.75, 3.05) is 5.32 Å². The van der Waals surface area contributed by atoms with Gasteiger partial charge in [0.05, 0.1) is 4.90 Å². The molecule has 1 aliphatic heterocycles. The Kier molecular flexibility index (Phi) is 6.96. The van der Waals surface area contributed by atoms with Crippen LogP contribution in [0, 0.1) is 0 Å². The number of hydrogen-bond acceptors (Lipinski definition) is 5. The fourth-order valence-electron chi connectivity index (χ4n) is 3.72. The fourth-order valence-corrected chi connectivity index (χ4v) is 4.79. The first-order chi connectivity index (χ1) is 15.9. The van der Waals surface area contributed by atoms with E-state index in [2.05, 4.69) is 15.0 Å². The standard InChI is InChI=1S/C25H25N3O4S/c29-24(14-11-21-5-1-2-15-26-21)19-9-7-18(8-10-19)17-27-33(31,32)22-12-13-23-20(16-22)4-3-6-25(30)28-23/h1-2,5,7-10,12-13,15-16,27H,3-4,6,11,14,17H2,(H,28,30). The minimum atomic E-state index is -3.72. The molecule has 0 spiro atoms. The lowest BCUT2D eigenvalue weighted by Gasteiger charge is -2.11. The molecule has 170 valence electrons. The minimum Gasteiger partial charge on any atom is -0.326 e. The highest BCUT2D eigenvalue weighted by atomic mass is 32.2. The summed E-state index contributed by atoms with van der Waals surface area (Å²) in [6.45, 7) is 0.110. The number of hydrogen-bond donors (Lipinski definition) is 2. The van der Waals surface area contributed by atoms with E-state index < -0.39 is 10.0 Å². The number of carbonyl (C=O) groups is 2. The summed E-state index contributed by atoms with van der Waals surface area (Å²) in [6, 6.07) is 17.3. The van der Waals surface area contributed by atoms with Gasteiger partial charge in [0, 0.05) is 42.5 Å². The van der Waals surface area contributed by atoms with E-state index in [1.165, 1.54) is 6.07 Å². The third-order valence-corrected chi connectivity index (χ3v) is 6.99. The summed E-state index contributed by atoms with van der Waals surface area (Å²) < 4.78 is 28.2. The second-order valence-corrected chi connectivity index (χ2v) is 9.75. The van der Waals surface area contributed by atoms with Gasteiger partial charge in [-0.25, -0.2) is 13.1 Å². The van der Waals surface area contributed by atoms with E-state index in [4.69, 9.17) is 0 Å². The van der Waals surface area contributed by atoms with E-state index in [9.17, 15) is 18.0 Å². The molecule has 7 nitrogen and oxygen atoms in total. The van der Waals surface area contributed by atoms with Gasteiger partial charge < -0.3 is 5.32 Å². The molecule has 4 rings (SSSR count). The van der Waals surface area contributed by atoms with E-state index in [1.807, 2.05) is 18.2 Å². The number of Topliss-reactive ketones (excluding diaryl/α,β-unsaturated/α-hetero) is 1. The van der Waals surface area contributed by atoms with Crippen LogP contribution in [0.5, 0.6) is 0 Å². The maximum absolute atomic E-state index is 12.8. The molecule has 0 radical (unpaired) electrons. The van der Waals surface area contributed by atoms with E-state index in [-0.39, 0.29) is 23.1 Å². The molecular weight excluding hydrogens is 438 g/mol. The molecule has 0 atom stereocenters. The number of aryl methyl sites for hydroxylation is 2. The summed E-state index contributed by atoms with van der Waals surface area (Å²) >= 11 is 0. The van der Waals surface area contributed by atoms with Crippen molar-refractivity contribution in [2.24, 2.45) is 0 Å². The van der Waals surface area contributed by atoms with Gasteiger partial charge in [0.2, 0.25) is 15.9 Å². The van der Waals surface area contributed by atoms with Crippen molar-refractivity contribution >= 4 is 27.4 Å². The number of nitrogens with one attached hydrogen (secondary N) is 2. The molecule has 33 heavy (non-hydrogen) atoms. The number of rotatable bonds is 8. The molecular formula is C25H25N3O4S. The lowest BCUT2D eigenvalue weighted by Crippen LogP contribution is -2.23. The van der Waals surface area contributed by atoms with Crippen LogP contribution in [0.2, 0.25) is 0 Å². The Morgan fingerprint density at radius 2 is 1.85 bits per heavy atom. The number of pyridine rings is 1. The van der Waals surface area contributed by atoms with Crippen molar-refractivity contribution < 1.29 is 18.0 Å². The largest absolute Gasteiger partial charge is 0.326 e. The van der Waals surface area contributed by atoms with E-state index >= 15 is 0 Å². The molecule has 0 bridgehead atoms. The highest BCUT2D eigenvalue weighted by Crippen LogP contribution is 2.25. The van der Waals surface area contributed by atoms with Gasteiger partial charge in [0.1, 0.15) is 0 Å². The van der Waals surface area contributed by atoms with Crippen molar-refractivity contribution in [3.8, 4) is 0 Å². The Bertz CT molecular complexity index is 1260. The molecule has 0 saturated carbocycles. The maximum Gasteiger partial charge on any atom is 0.240 e. The average Bonchev–Trinajstić information content (AvgIpc) is 3.02. The zero-order valence-corrected chi connectivity index (χ0v) is 18.9. The summed E-state index contributed by atoms with van der Waals surface area (Å²) in [6.07, 6.45) is 4.40. The van der Waals surface area contributed by atoms with Gasteiger partial charge in [-0.2, -0.15) is 0 Å². The molecule has 2 aromatic carbocycles. The number of anilines is 1. The Morgan fingerprint density at radius 1 is 1.03 bits per heavy atom. The Morgan fingerprint density at radius 3 is 2.61 bits per heavy atom. The van der Waals surface area contributed by atoms with Crippen molar-refractivity contribution in [1.82, 2.24) is 9.71 Å². The summed E-state index contributed by atoms with van der Waals surface area (Å²) in [4.78, 5) is 28.5. The molecule has 0 aliphatic carbocycles. The van der Waals surface area contributed by atoms with Crippen LogP contribution in [0.1, 0.15) is 46.4 Å². The van der Waals surface area contributed by atoms with Gasteiger partial charge in [-0.15, -0.1) is 0 Å². The number of sulfonamides is 1. The van der Waals surface area contributed by atoms with Crippen LogP contribution in [-0.4, -0.2) is 25.1 Å². The summed E-state index contributed by atoms with van der Waals surface area (Å²) in [5.74, 6) is -0.0361. The van der Waals surface area contributed by atoms with E-state index in [1.54, 1.807) is 42.6 Å². The number of carbonyl (C=O) groups excluding carboxylic acids is 2. The second-order valence-electron chi connectivity index (χ2n) is 7.99. The molecule has 3 aromatic rings. The van der Waals surface area contributed by atoms with Crippen LogP contribution in [0.4, 0.5) is 5.69 Å². The smallest absolute Gasteiger partial charge is 0.240 e. The zero-order valence-electron chi connectivity index (χ0n) is 18.1. The summed E-state index contributed by atoms with van der Waals surface area (Å²) in [7, 11) is -3.72. The number of ketones is 1. The highest BCUT2D eigenvalue weighted by Gasteiger charge is 2.19.